The van der Waals surface area contributed by atoms with E-state index in [0.717, 1.165) is 67.9 Å². The first-order chi connectivity index (χ1) is 14.6. The number of carbonyl (C=O) groups excluding carboxylic acids is 1. The van der Waals surface area contributed by atoms with Crippen molar-refractivity contribution in [2.75, 3.05) is 32.8 Å². The summed E-state index contributed by atoms with van der Waals surface area (Å²) in [6, 6.07) is 9.05. The molecular formula is C24H31FN2O2S. The van der Waals surface area contributed by atoms with Gasteiger partial charge in [-0.2, -0.15) is 0 Å². The Bertz CT molecular complexity index is 841. The predicted molar refractivity (Wildman–Crippen MR) is 118 cm³/mol. The fraction of sp³-hybridized carbons (Fsp3) is 0.542. The van der Waals surface area contributed by atoms with Gasteiger partial charge in [0.25, 0.3) is 5.91 Å². The van der Waals surface area contributed by atoms with Crippen LogP contribution in [0, 0.1) is 18.7 Å². The third-order valence-electron chi connectivity index (χ3n) is 6.33. The van der Waals surface area contributed by atoms with Crippen LogP contribution in [0.15, 0.2) is 35.7 Å². The third kappa shape index (κ3) is 5.29. The second-order valence-corrected chi connectivity index (χ2v) is 9.50. The van der Waals surface area contributed by atoms with Crippen molar-refractivity contribution in [3.05, 3.63) is 57.5 Å². The van der Waals surface area contributed by atoms with Gasteiger partial charge in [0, 0.05) is 31.8 Å². The van der Waals surface area contributed by atoms with Gasteiger partial charge in [0.1, 0.15) is 5.82 Å². The van der Waals surface area contributed by atoms with Gasteiger partial charge in [0.2, 0.25) is 0 Å². The molecule has 2 saturated heterocycles. The van der Waals surface area contributed by atoms with Crippen LogP contribution in [0.2, 0.25) is 0 Å². The van der Waals surface area contributed by atoms with Crippen molar-refractivity contribution in [3.63, 3.8) is 0 Å². The lowest BCUT2D eigenvalue weighted by atomic mass is 9.95. The Balaban J connectivity index is 1.35. The van der Waals surface area contributed by atoms with Crippen LogP contribution in [0.25, 0.3) is 0 Å². The number of ether oxygens (including phenoxy) is 1. The molecule has 2 fully saturated rings. The maximum atomic E-state index is 14.0. The molecule has 1 atom stereocenters. The van der Waals surface area contributed by atoms with E-state index in [0.29, 0.717) is 19.0 Å². The number of hydrogen-bond acceptors (Lipinski definition) is 4. The second kappa shape index (κ2) is 10.0. The topological polar surface area (TPSA) is 32.8 Å². The summed E-state index contributed by atoms with van der Waals surface area (Å²) < 4.78 is 19.8. The van der Waals surface area contributed by atoms with Crippen LogP contribution >= 0.6 is 11.3 Å². The number of carbonyl (C=O) groups is 1. The molecule has 30 heavy (non-hydrogen) atoms. The van der Waals surface area contributed by atoms with Crippen molar-refractivity contribution in [2.45, 2.75) is 45.3 Å². The lowest BCUT2D eigenvalue weighted by Gasteiger charge is -2.35. The Morgan fingerprint density at radius 3 is 2.67 bits per heavy atom. The maximum absolute atomic E-state index is 14.0. The third-order valence-corrected chi connectivity index (χ3v) is 7.33. The predicted octanol–water partition coefficient (Wildman–Crippen LogP) is 4.73. The van der Waals surface area contributed by atoms with Gasteiger partial charge in [0.05, 0.1) is 11.0 Å². The molecule has 0 N–H and O–H groups in total. The molecular weight excluding hydrogens is 399 g/mol. The van der Waals surface area contributed by atoms with Crippen LogP contribution in [-0.4, -0.2) is 54.6 Å². The average Bonchev–Trinajstić information content (AvgIpc) is 3.42. The normalized spacial score (nSPS) is 20.5. The number of piperidine rings is 1. The zero-order valence-electron chi connectivity index (χ0n) is 17.7. The number of amides is 1. The van der Waals surface area contributed by atoms with Crippen LogP contribution < -0.4 is 0 Å². The summed E-state index contributed by atoms with van der Waals surface area (Å²) in [5, 5.41) is 1.99. The maximum Gasteiger partial charge on any atom is 0.264 e. The van der Waals surface area contributed by atoms with Crippen molar-refractivity contribution < 1.29 is 13.9 Å². The molecule has 4 nitrogen and oxygen atoms in total. The summed E-state index contributed by atoms with van der Waals surface area (Å²) in [6.07, 6.45) is 4.35. The zero-order valence-corrected chi connectivity index (χ0v) is 18.5. The molecule has 0 bridgehead atoms. The summed E-state index contributed by atoms with van der Waals surface area (Å²) in [5.74, 6) is 0.499. The number of thiophene rings is 1. The van der Waals surface area contributed by atoms with Gasteiger partial charge in [-0.1, -0.05) is 18.2 Å². The Hall–Kier alpha value is -1.76. The first-order valence-corrected chi connectivity index (χ1v) is 11.9. The molecule has 0 saturated carbocycles. The number of likely N-dealkylation sites (tertiary alicyclic amines) is 1. The molecule has 1 unspecified atom stereocenters. The zero-order chi connectivity index (χ0) is 20.9. The molecule has 1 aromatic carbocycles. The number of hydrogen-bond donors (Lipinski definition) is 0. The van der Waals surface area contributed by atoms with Crippen LogP contribution in [-0.2, 0) is 11.3 Å². The van der Waals surface area contributed by atoms with Crippen LogP contribution in [0.5, 0.6) is 0 Å². The molecule has 1 amide bonds. The molecule has 2 aliphatic rings. The van der Waals surface area contributed by atoms with Crippen molar-refractivity contribution in [1.82, 2.24) is 9.80 Å². The SMILES string of the molecule is Cc1ccsc1C(=O)N(CC1CCN(Cc2ccccc2F)CC1)CC1CCCO1. The van der Waals surface area contributed by atoms with Crippen molar-refractivity contribution >= 4 is 17.2 Å². The molecule has 0 radical (unpaired) electrons. The van der Waals surface area contributed by atoms with Crippen LogP contribution in [0.1, 0.15) is 46.5 Å². The van der Waals surface area contributed by atoms with Gasteiger partial charge in [-0.3, -0.25) is 9.69 Å². The van der Waals surface area contributed by atoms with E-state index in [9.17, 15) is 9.18 Å². The fourth-order valence-corrected chi connectivity index (χ4v) is 5.41. The lowest BCUT2D eigenvalue weighted by Crippen LogP contribution is -2.43. The van der Waals surface area contributed by atoms with E-state index in [2.05, 4.69) is 4.90 Å². The van der Waals surface area contributed by atoms with E-state index in [-0.39, 0.29) is 17.8 Å². The van der Waals surface area contributed by atoms with E-state index in [4.69, 9.17) is 4.74 Å². The first-order valence-electron chi connectivity index (χ1n) is 11.0. The monoisotopic (exact) mass is 430 g/mol. The van der Waals surface area contributed by atoms with Gasteiger partial charge >= 0.3 is 0 Å². The van der Waals surface area contributed by atoms with Gasteiger partial charge in [0.15, 0.2) is 0 Å². The number of halogens is 1. The summed E-state index contributed by atoms with van der Waals surface area (Å²) in [4.78, 5) is 18.5. The van der Waals surface area contributed by atoms with E-state index >= 15 is 0 Å². The highest BCUT2D eigenvalue weighted by Crippen LogP contribution is 2.25. The molecule has 0 aliphatic carbocycles. The molecule has 162 valence electrons. The molecule has 4 rings (SSSR count). The second-order valence-electron chi connectivity index (χ2n) is 8.59. The summed E-state index contributed by atoms with van der Waals surface area (Å²) in [7, 11) is 0. The minimum absolute atomic E-state index is 0.126. The van der Waals surface area contributed by atoms with E-state index in [1.807, 2.05) is 35.4 Å². The van der Waals surface area contributed by atoms with Gasteiger partial charge in [-0.25, -0.2) is 4.39 Å². The fourth-order valence-electron chi connectivity index (χ4n) is 4.52. The first kappa shape index (κ1) is 21.5. The summed E-state index contributed by atoms with van der Waals surface area (Å²) in [6.45, 7) is 6.83. The van der Waals surface area contributed by atoms with Crippen LogP contribution in [0.4, 0.5) is 4.39 Å². The minimum atomic E-state index is -0.126. The van der Waals surface area contributed by atoms with Gasteiger partial charge < -0.3 is 9.64 Å². The van der Waals surface area contributed by atoms with Gasteiger partial charge in [-0.05, 0) is 74.7 Å². The van der Waals surface area contributed by atoms with E-state index in [1.165, 1.54) is 17.4 Å². The van der Waals surface area contributed by atoms with Crippen molar-refractivity contribution in [1.29, 1.82) is 0 Å². The van der Waals surface area contributed by atoms with Crippen LogP contribution in [0.3, 0.4) is 0 Å². The smallest absolute Gasteiger partial charge is 0.264 e. The lowest BCUT2D eigenvalue weighted by molar-refractivity contribution is 0.0447. The molecule has 0 spiro atoms. The molecule has 6 heteroatoms. The van der Waals surface area contributed by atoms with E-state index < -0.39 is 0 Å². The minimum Gasteiger partial charge on any atom is -0.376 e. The number of benzene rings is 1. The number of nitrogens with zero attached hydrogens (tertiary/aromatic N) is 2. The highest BCUT2D eigenvalue weighted by molar-refractivity contribution is 7.12. The Kier molecular flexibility index (Phi) is 7.18. The summed E-state index contributed by atoms with van der Waals surface area (Å²) >= 11 is 1.53. The van der Waals surface area contributed by atoms with Gasteiger partial charge in [-0.15, -0.1) is 11.3 Å². The standard InChI is InChI=1S/C24H31FN2O2S/c1-18-10-14-30-23(18)24(28)27(17-21-6-4-13-29-21)15-19-8-11-26(12-9-19)16-20-5-2-3-7-22(20)25/h2-3,5,7,10,14,19,21H,4,6,8-9,11-13,15-17H2,1H3. The number of rotatable bonds is 7. The van der Waals surface area contributed by atoms with Crippen molar-refractivity contribution in [2.24, 2.45) is 5.92 Å². The largest absolute Gasteiger partial charge is 0.376 e. The van der Waals surface area contributed by atoms with Crippen molar-refractivity contribution in [3.8, 4) is 0 Å². The van der Waals surface area contributed by atoms with E-state index in [1.54, 1.807) is 6.07 Å². The molecule has 1 aromatic heterocycles. The molecule has 2 aromatic rings. The Labute approximate surface area is 182 Å². The average molecular weight is 431 g/mol. The quantitative estimate of drug-likeness (QED) is 0.637. The Morgan fingerprint density at radius 2 is 2.00 bits per heavy atom. The summed E-state index contributed by atoms with van der Waals surface area (Å²) in [5.41, 5.74) is 1.82. The Morgan fingerprint density at radius 1 is 1.20 bits per heavy atom. The molecule has 2 aliphatic heterocycles. The highest BCUT2D eigenvalue weighted by Gasteiger charge is 2.29. The number of aryl methyl sites for hydroxylation is 1. The highest BCUT2D eigenvalue weighted by atomic mass is 32.1. The molecule has 3 heterocycles.